The smallest absolute Gasteiger partial charge is 0.459 e. The van der Waals surface area contributed by atoms with Gasteiger partial charge >= 0.3 is 7.12 Å². The molecule has 1 aromatic carbocycles. The number of nitrogens with one attached hydrogen (secondary N) is 1. The first-order chi connectivity index (χ1) is 9.10. The van der Waals surface area contributed by atoms with Crippen molar-refractivity contribution in [1.29, 1.82) is 0 Å². The molecule has 1 aromatic heterocycles. The fraction of sp³-hybridized carbons (Fsp3) is 0. The standard InChI is InChI=1S/C12H10BNO5/c15-7-8-4-9(13(17)18)6-10(5-8)14-12(16)11-2-1-3-19-11/h1-7,17-18H,(H,14,16). The summed E-state index contributed by atoms with van der Waals surface area (Å²) in [6, 6.07) is 7.15. The van der Waals surface area contributed by atoms with Crippen molar-refractivity contribution in [2.24, 2.45) is 0 Å². The Morgan fingerprint density at radius 3 is 2.68 bits per heavy atom. The van der Waals surface area contributed by atoms with Gasteiger partial charge in [0.05, 0.1) is 6.26 Å². The second kappa shape index (κ2) is 5.51. The van der Waals surface area contributed by atoms with Gasteiger partial charge in [0, 0.05) is 11.3 Å². The van der Waals surface area contributed by atoms with Gasteiger partial charge < -0.3 is 19.8 Å². The molecule has 96 valence electrons. The largest absolute Gasteiger partial charge is 0.488 e. The van der Waals surface area contributed by atoms with Gasteiger partial charge in [-0.05, 0) is 29.7 Å². The number of hydrogen-bond acceptors (Lipinski definition) is 5. The molecule has 1 heterocycles. The van der Waals surface area contributed by atoms with Crippen molar-refractivity contribution >= 4 is 30.5 Å². The van der Waals surface area contributed by atoms with E-state index in [0.29, 0.717) is 6.29 Å². The number of rotatable bonds is 4. The minimum atomic E-state index is -1.72. The summed E-state index contributed by atoms with van der Waals surface area (Å²) in [5, 5.41) is 20.7. The van der Waals surface area contributed by atoms with Gasteiger partial charge in [0.1, 0.15) is 6.29 Å². The van der Waals surface area contributed by atoms with E-state index in [9.17, 15) is 9.59 Å². The zero-order valence-electron chi connectivity index (χ0n) is 9.74. The van der Waals surface area contributed by atoms with E-state index in [2.05, 4.69) is 5.32 Å². The second-order valence-corrected chi connectivity index (χ2v) is 3.81. The predicted octanol–water partition coefficient (Wildman–Crippen LogP) is 0.0242. The van der Waals surface area contributed by atoms with Crippen LogP contribution < -0.4 is 10.8 Å². The van der Waals surface area contributed by atoms with Crippen LogP contribution in [0.1, 0.15) is 20.9 Å². The first-order valence-corrected chi connectivity index (χ1v) is 5.41. The van der Waals surface area contributed by atoms with Gasteiger partial charge in [-0.25, -0.2) is 0 Å². The number of amides is 1. The van der Waals surface area contributed by atoms with Gasteiger partial charge in [-0.2, -0.15) is 0 Å². The molecule has 1 amide bonds. The van der Waals surface area contributed by atoms with E-state index in [1.165, 1.54) is 30.5 Å². The SMILES string of the molecule is O=Cc1cc(NC(=O)c2ccco2)cc(B(O)O)c1. The number of carbonyl (C=O) groups is 2. The summed E-state index contributed by atoms with van der Waals surface area (Å²) in [7, 11) is -1.72. The third-order valence-electron chi connectivity index (χ3n) is 2.41. The molecule has 3 N–H and O–H groups in total. The van der Waals surface area contributed by atoms with E-state index in [1.807, 2.05) is 0 Å². The molecule has 0 unspecified atom stereocenters. The van der Waals surface area contributed by atoms with Crippen molar-refractivity contribution in [2.45, 2.75) is 0 Å². The molecule has 19 heavy (non-hydrogen) atoms. The maximum Gasteiger partial charge on any atom is 0.488 e. The highest BCUT2D eigenvalue weighted by Crippen LogP contribution is 2.11. The molecular weight excluding hydrogens is 249 g/mol. The molecule has 0 bridgehead atoms. The molecule has 0 atom stereocenters. The first-order valence-electron chi connectivity index (χ1n) is 5.41. The van der Waals surface area contributed by atoms with Crippen molar-refractivity contribution in [2.75, 3.05) is 5.32 Å². The highest BCUT2D eigenvalue weighted by atomic mass is 16.4. The summed E-state index contributed by atoms with van der Waals surface area (Å²) < 4.78 is 4.92. The fourth-order valence-electron chi connectivity index (χ4n) is 1.57. The summed E-state index contributed by atoms with van der Waals surface area (Å²) >= 11 is 0. The third kappa shape index (κ3) is 3.09. The molecule has 2 rings (SSSR count). The Labute approximate surface area is 108 Å². The lowest BCUT2D eigenvalue weighted by Crippen LogP contribution is -2.30. The van der Waals surface area contributed by atoms with Crippen LogP contribution in [0.5, 0.6) is 0 Å². The highest BCUT2D eigenvalue weighted by Gasteiger charge is 2.15. The molecule has 0 aliphatic heterocycles. The van der Waals surface area contributed by atoms with E-state index in [1.54, 1.807) is 6.07 Å². The first kappa shape index (κ1) is 13.1. The number of carbonyl (C=O) groups excluding carboxylic acids is 2. The van der Waals surface area contributed by atoms with Crippen LogP contribution in [-0.4, -0.2) is 29.4 Å². The maximum absolute atomic E-state index is 11.7. The summed E-state index contributed by atoms with van der Waals surface area (Å²) in [5.74, 6) is -0.381. The predicted molar refractivity (Wildman–Crippen MR) is 68.3 cm³/mol. The van der Waals surface area contributed by atoms with Crippen LogP contribution in [0.4, 0.5) is 5.69 Å². The van der Waals surface area contributed by atoms with Crippen LogP contribution in [0.2, 0.25) is 0 Å². The zero-order chi connectivity index (χ0) is 13.8. The van der Waals surface area contributed by atoms with Gasteiger partial charge in [-0.1, -0.05) is 6.07 Å². The van der Waals surface area contributed by atoms with E-state index >= 15 is 0 Å². The molecule has 0 spiro atoms. The van der Waals surface area contributed by atoms with E-state index < -0.39 is 13.0 Å². The van der Waals surface area contributed by atoms with Gasteiger partial charge in [0.25, 0.3) is 5.91 Å². The Hall–Kier alpha value is -2.38. The molecule has 0 saturated carbocycles. The Bertz CT molecular complexity index is 594. The molecule has 0 aliphatic rings. The van der Waals surface area contributed by atoms with Crippen LogP contribution >= 0.6 is 0 Å². The topological polar surface area (TPSA) is 99.8 Å². The lowest BCUT2D eigenvalue weighted by molar-refractivity contribution is 0.0996. The van der Waals surface area contributed by atoms with Crippen LogP contribution in [0.15, 0.2) is 41.0 Å². The van der Waals surface area contributed by atoms with E-state index in [-0.39, 0.29) is 22.5 Å². The lowest BCUT2D eigenvalue weighted by Gasteiger charge is -2.07. The van der Waals surface area contributed by atoms with Gasteiger partial charge in [0.15, 0.2) is 5.76 Å². The average molecular weight is 259 g/mol. The van der Waals surface area contributed by atoms with Crippen LogP contribution in [0.25, 0.3) is 0 Å². The Morgan fingerprint density at radius 1 is 1.32 bits per heavy atom. The van der Waals surface area contributed by atoms with Gasteiger partial charge in [0.2, 0.25) is 0 Å². The number of aldehydes is 1. The molecule has 7 heteroatoms. The number of anilines is 1. The number of benzene rings is 1. The maximum atomic E-state index is 11.7. The summed E-state index contributed by atoms with van der Waals surface area (Å²) in [6.07, 6.45) is 1.91. The van der Waals surface area contributed by atoms with Crippen LogP contribution in [-0.2, 0) is 0 Å². The molecule has 2 aromatic rings. The minimum absolute atomic E-state index is 0.111. The van der Waals surface area contributed by atoms with Crippen molar-refractivity contribution in [3.63, 3.8) is 0 Å². The quantitative estimate of drug-likeness (QED) is 0.531. The Morgan fingerprint density at radius 2 is 2.11 bits per heavy atom. The average Bonchev–Trinajstić information content (AvgIpc) is 2.92. The molecule has 6 nitrogen and oxygen atoms in total. The molecule has 0 fully saturated rings. The normalized spacial score (nSPS) is 10.0. The van der Waals surface area contributed by atoms with E-state index in [4.69, 9.17) is 14.5 Å². The summed E-state index contributed by atoms with van der Waals surface area (Å²) in [4.78, 5) is 22.5. The van der Waals surface area contributed by atoms with Gasteiger partial charge in [-0.15, -0.1) is 0 Å². The molecule has 0 saturated heterocycles. The highest BCUT2D eigenvalue weighted by molar-refractivity contribution is 6.58. The number of furan rings is 1. The lowest BCUT2D eigenvalue weighted by atomic mass is 9.79. The third-order valence-corrected chi connectivity index (χ3v) is 2.41. The zero-order valence-corrected chi connectivity index (χ0v) is 9.74. The molecular formula is C12H10BNO5. The van der Waals surface area contributed by atoms with Crippen LogP contribution in [0, 0.1) is 0 Å². The second-order valence-electron chi connectivity index (χ2n) is 3.81. The minimum Gasteiger partial charge on any atom is -0.459 e. The Kier molecular flexibility index (Phi) is 3.79. The fourth-order valence-corrected chi connectivity index (χ4v) is 1.57. The number of hydrogen-bond donors (Lipinski definition) is 3. The van der Waals surface area contributed by atoms with Crippen molar-refractivity contribution in [3.8, 4) is 0 Å². The van der Waals surface area contributed by atoms with Gasteiger partial charge in [-0.3, -0.25) is 9.59 Å². The van der Waals surface area contributed by atoms with E-state index in [0.717, 1.165) is 0 Å². The Balaban J connectivity index is 2.27. The summed E-state index contributed by atoms with van der Waals surface area (Å²) in [5.41, 5.74) is 0.605. The summed E-state index contributed by atoms with van der Waals surface area (Å²) in [6.45, 7) is 0. The van der Waals surface area contributed by atoms with Crippen molar-refractivity contribution in [3.05, 3.63) is 47.9 Å². The van der Waals surface area contributed by atoms with Crippen LogP contribution in [0.3, 0.4) is 0 Å². The van der Waals surface area contributed by atoms with Crippen molar-refractivity contribution < 1.29 is 24.1 Å². The monoisotopic (exact) mass is 259 g/mol. The molecule has 0 aliphatic carbocycles. The van der Waals surface area contributed by atoms with Crippen molar-refractivity contribution in [1.82, 2.24) is 0 Å². The molecule has 0 radical (unpaired) electrons.